The fraction of sp³-hybridized carbons (Fsp3) is 0.353. The first-order valence-electron chi connectivity index (χ1n) is 7.52. The summed E-state index contributed by atoms with van der Waals surface area (Å²) < 4.78 is 10.5. The molecule has 7 heteroatoms. The number of amides is 2. The van der Waals surface area contributed by atoms with Gasteiger partial charge < -0.3 is 19.8 Å². The lowest BCUT2D eigenvalue weighted by Gasteiger charge is -2.19. The number of alkyl carbamates (subject to hydrolysis) is 1. The van der Waals surface area contributed by atoms with E-state index in [9.17, 15) is 9.59 Å². The van der Waals surface area contributed by atoms with Crippen LogP contribution in [-0.2, 0) is 9.53 Å². The zero-order valence-corrected chi connectivity index (χ0v) is 14.2. The Bertz CT molecular complexity index is 731. The number of hydrogen-bond donors (Lipinski definition) is 2. The molecule has 0 saturated heterocycles. The lowest BCUT2D eigenvalue weighted by atomic mass is 10.2. The van der Waals surface area contributed by atoms with Crippen LogP contribution in [-0.4, -0.2) is 29.1 Å². The monoisotopic (exact) mass is 331 g/mol. The van der Waals surface area contributed by atoms with E-state index in [-0.39, 0.29) is 12.5 Å². The molecule has 0 aliphatic heterocycles. The summed E-state index contributed by atoms with van der Waals surface area (Å²) in [4.78, 5) is 27.6. The van der Waals surface area contributed by atoms with Gasteiger partial charge in [-0.05, 0) is 45.9 Å². The SMILES string of the molecule is Cc1cnc(-c2cccc(NC(=O)CNC(=O)OC(C)(C)C)c2)o1. The maximum absolute atomic E-state index is 11.9. The summed E-state index contributed by atoms with van der Waals surface area (Å²) in [7, 11) is 0. The van der Waals surface area contributed by atoms with Crippen LogP contribution in [0, 0.1) is 6.92 Å². The van der Waals surface area contributed by atoms with Crippen molar-refractivity contribution in [3.8, 4) is 11.5 Å². The van der Waals surface area contributed by atoms with E-state index in [0.717, 1.165) is 5.56 Å². The zero-order valence-electron chi connectivity index (χ0n) is 14.2. The Kier molecular flexibility index (Phi) is 5.23. The van der Waals surface area contributed by atoms with E-state index in [1.54, 1.807) is 45.2 Å². The molecule has 24 heavy (non-hydrogen) atoms. The topological polar surface area (TPSA) is 93.5 Å². The average Bonchev–Trinajstić information content (AvgIpc) is 2.90. The smallest absolute Gasteiger partial charge is 0.408 e. The van der Waals surface area contributed by atoms with Gasteiger partial charge >= 0.3 is 6.09 Å². The summed E-state index contributed by atoms with van der Waals surface area (Å²) in [5, 5.41) is 5.10. The second kappa shape index (κ2) is 7.16. The minimum atomic E-state index is -0.637. The molecule has 0 aliphatic rings. The van der Waals surface area contributed by atoms with Crippen LogP contribution in [0.4, 0.5) is 10.5 Å². The molecule has 0 bridgehead atoms. The Morgan fingerprint density at radius 3 is 2.67 bits per heavy atom. The molecule has 0 fully saturated rings. The lowest BCUT2D eigenvalue weighted by molar-refractivity contribution is -0.115. The number of carbonyl (C=O) groups is 2. The summed E-state index contributed by atoms with van der Waals surface area (Å²) in [6.45, 7) is 6.88. The van der Waals surface area contributed by atoms with Crippen LogP contribution in [0.5, 0.6) is 0 Å². The van der Waals surface area contributed by atoms with Crippen LogP contribution in [0.15, 0.2) is 34.9 Å². The van der Waals surface area contributed by atoms with Gasteiger partial charge in [-0.2, -0.15) is 0 Å². The largest absolute Gasteiger partial charge is 0.444 e. The highest BCUT2D eigenvalue weighted by Crippen LogP contribution is 2.22. The molecule has 2 rings (SSSR count). The number of aryl methyl sites for hydroxylation is 1. The molecule has 2 amide bonds. The van der Waals surface area contributed by atoms with Crippen molar-refractivity contribution in [2.75, 3.05) is 11.9 Å². The van der Waals surface area contributed by atoms with Crippen molar-refractivity contribution in [1.82, 2.24) is 10.3 Å². The molecule has 0 saturated carbocycles. The van der Waals surface area contributed by atoms with Gasteiger partial charge in [0.15, 0.2) is 0 Å². The van der Waals surface area contributed by atoms with Crippen LogP contribution >= 0.6 is 0 Å². The van der Waals surface area contributed by atoms with Gasteiger partial charge in [0.05, 0.1) is 6.20 Å². The molecule has 0 atom stereocenters. The van der Waals surface area contributed by atoms with Crippen molar-refractivity contribution in [3.05, 3.63) is 36.2 Å². The first kappa shape index (κ1) is 17.5. The highest BCUT2D eigenvalue weighted by Gasteiger charge is 2.16. The third-order valence-electron chi connectivity index (χ3n) is 2.81. The van der Waals surface area contributed by atoms with Gasteiger partial charge in [-0.15, -0.1) is 0 Å². The summed E-state index contributed by atoms with van der Waals surface area (Å²) in [5.41, 5.74) is 0.726. The van der Waals surface area contributed by atoms with Crippen LogP contribution in [0.3, 0.4) is 0 Å². The molecule has 7 nitrogen and oxygen atoms in total. The third-order valence-corrected chi connectivity index (χ3v) is 2.81. The van der Waals surface area contributed by atoms with Gasteiger partial charge in [0.25, 0.3) is 0 Å². The maximum atomic E-state index is 11.9. The van der Waals surface area contributed by atoms with Crippen molar-refractivity contribution in [2.24, 2.45) is 0 Å². The predicted octanol–water partition coefficient (Wildman–Crippen LogP) is 3.11. The number of nitrogens with zero attached hydrogens (tertiary/aromatic N) is 1. The summed E-state index contributed by atoms with van der Waals surface area (Å²) in [6, 6.07) is 7.10. The molecular weight excluding hydrogens is 310 g/mol. The van der Waals surface area contributed by atoms with Gasteiger partial charge in [-0.25, -0.2) is 9.78 Å². The van der Waals surface area contributed by atoms with Crippen molar-refractivity contribution in [3.63, 3.8) is 0 Å². The van der Waals surface area contributed by atoms with E-state index in [4.69, 9.17) is 9.15 Å². The van der Waals surface area contributed by atoms with E-state index in [1.807, 2.05) is 13.0 Å². The van der Waals surface area contributed by atoms with E-state index in [1.165, 1.54) is 0 Å². The van der Waals surface area contributed by atoms with E-state index >= 15 is 0 Å². The van der Waals surface area contributed by atoms with Crippen molar-refractivity contribution in [1.29, 1.82) is 0 Å². The Morgan fingerprint density at radius 2 is 2.04 bits per heavy atom. The normalized spacial score (nSPS) is 11.0. The van der Waals surface area contributed by atoms with E-state index < -0.39 is 11.7 Å². The van der Waals surface area contributed by atoms with Crippen LogP contribution < -0.4 is 10.6 Å². The number of hydrogen-bond acceptors (Lipinski definition) is 5. The second-order valence-electron chi connectivity index (χ2n) is 6.26. The maximum Gasteiger partial charge on any atom is 0.408 e. The van der Waals surface area contributed by atoms with Crippen LogP contribution in [0.1, 0.15) is 26.5 Å². The summed E-state index contributed by atoms with van der Waals surface area (Å²) in [5.74, 6) is 0.832. The summed E-state index contributed by atoms with van der Waals surface area (Å²) in [6.07, 6.45) is 0.993. The summed E-state index contributed by atoms with van der Waals surface area (Å²) >= 11 is 0. The van der Waals surface area contributed by atoms with Gasteiger partial charge in [-0.3, -0.25) is 4.79 Å². The quantitative estimate of drug-likeness (QED) is 0.898. The zero-order chi connectivity index (χ0) is 17.7. The number of carbonyl (C=O) groups excluding carboxylic acids is 2. The molecule has 0 radical (unpaired) electrons. The second-order valence-corrected chi connectivity index (χ2v) is 6.26. The number of anilines is 1. The minimum Gasteiger partial charge on any atom is -0.444 e. The highest BCUT2D eigenvalue weighted by atomic mass is 16.6. The van der Waals surface area contributed by atoms with E-state index in [2.05, 4.69) is 15.6 Å². The molecule has 0 aliphatic carbocycles. The molecular formula is C17H21N3O4. The number of ether oxygens (including phenoxy) is 1. The van der Waals surface area contributed by atoms with Gasteiger partial charge in [0.2, 0.25) is 11.8 Å². The fourth-order valence-electron chi connectivity index (χ4n) is 1.89. The molecule has 128 valence electrons. The first-order valence-corrected chi connectivity index (χ1v) is 7.52. The molecule has 0 unspecified atom stereocenters. The number of aromatic nitrogens is 1. The van der Waals surface area contributed by atoms with Crippen molar-refractivity contribution in [2.45, 2.75) is 33.3 Å². The fourth-order valence-corrected chi connectivity index (χ4v) is 1.89. The van der Waals surface area contributed by atoms with Gasteiger partial charge in [-0.1, -0.05) is 6.07 Å². The molecule has 1 aromatic carbocycles. The molecule has 2 N–H and O–H groups in total. The Morgan fingerprint density at radius 1 is 1.29 bits per heavy atom. The van der Waals surface area contributed by atoms with Crippen LogP contribution in [0.25, 0.3) is 11.5 Å². The first-order chi connectivity index (χ1) is 11.2. The van der Waals surface area contributed by atoms with E-state index in [0.29, 0.717) is 17.3 Å². The lowest BCUT2D eigenvalue weighted by Crippen LogP contribution is -2.37. The van der Waals surface area contributed by atoms with Gasteiger partial charge in [0.1, 0.15) is 17.9 Å². The molecule has 1 heterocycles. The standard InChI is InChI=1S/C17H21N3O4/c1-11-9-18-15(23-11)12-6-5-7-13(8-12)20-14(21)10-19-16(22)24-17(2,3)4/h5-9H,10H2,1-4H3,(H,19,22)(H,20,21). The molecule has 1 aromatic heterocycles. The Hall–Kier alpha value is -2.83. The number of oxazole rings is 1. The Balaban J connectivity index is 1.91. The minimum absolute atomic E-state index is 0.183. The predicted molar refractivity (Wildman–Crippen MR) is 89.5 cm³/mol. The molecule has 0 spiro atoms. The van der Waals surface area contributed by atoms with Crippen molar-refractivity contribution < 1.29 is 18.7 Å². The average molecular weight is 331 g/mol. The number of benzene rings is 1. The highest BCUT2D eigenvalue weighted by molar-refractivity contribution is 5.94. The number of nitrogens with one attached hydrogen (secondary N) is 2. The van der Waals surface area contributed by atoms with Crippen molar-refractivity contribution >= 4 is 17.7 Å². The van der Waals surface area contributed by atoms with Gasteiger partial charge in [0, 0.05) is 11.3 Å². The molecule has 2 aromatic rings. The number of rotatable bonds is 4. The third kappa shape index (κ3) is 5.42. The van der Waals surface area contributed by atoms with Crippen LogP contribution in [0.2, 0.25) is 0 Å². The Labute approximate surface area is 140 Å².